The molecule has 1 aromatic carbocycles. The van der Waals surface area contributed by atoms with E-state index < -0.39 is 6.36 Å². The van der Waals surface area contributed by atoms with Gasteiger partial charge in [-0.2, -0.15) is 9.61 Å². The number of anilines is 1. The van der Waals surface area contributed by atoms with Crippen molar-refractivity contribution in [3.8, 4) is 17.0 Å². The van der Waals surface area contributed by atoms with Gasteiger partial charge >= 0.3 is 6.36 Å². The number of halogens is 4. The van der Waals surface area contributed by atoms with Gasteiger partial charge in [0.05, 0.1) is 11.2 Å². The topological polar surface area (TPSA) is 105 Å². The summed E-state index contributed by atoms with van der Waals surface area (Å²) in [5.41, 5.74) is 1.68. The quantitative estimate of drug-likeness (QED) is 0.488. The molecule has 0 aliphatic carbocycles. The Morgan fingerprint density at radius 2 is 2.03 bits per heavy atom. The van der Waals surface area contributed by atoms with E-state index in [2.05, 4.69) is 53.2 Å². The Bertz CT molecular complexity index is 1120. The van der Waals surface area contributed by atoms with Crippen LogP contribution in [0, 0.1) is 6.92 Å². The summed E-state index contributed by atoms with van der Waals surface area (Å²) in [5.74, 6) is 0.0964. The Hall–Kier alpha value is -2.93. The van der Waals surface area contributed by atoms with E-state index in [0.717, 1.165) is 25.9 Å². The maximum atomic E-state index is 12.9. The zero-order valence-electron chi connectivity index (χ0n) is 17.8. The van der Waals surface area contributed by atoms with Crippen molar-refractivity contribution in [1.29, 1.82) is 0 Å². The van der Waals surface area contributed by atoms with Crippen LogP contribution in [0.15, 0.2) is 28.7 Å². The van der Waals surface area contributed by atoms with Crippen LogP contribution in [0.2, 0.25) is 0 Å². The summed E-state index contributed by atoms with van der Waals surface area (Å²) in [4.78, 5) is 10.6. The molecule has 1 saturated heterocycles. The van der Waals surface area contributed by atoms with E-state index in [4.69, 9.17) is 9.90 Å². The highest BCUT2D eigenvalue weighted by molar-refractivity contribution is 9.10. The summed E-state index contributed by atoms with van der Waals surface area (Å²) in [5, 5.41) is 23.2. The summed E-state index contributed by atoms with van der Waals surface area (Å²) in [7, 11) is 2.06. The van der Waals surface area contributed by atoms with Crippen molar-refractivity contribution in [3.05, 3.63) is 34.4 Å². The van der Waals surface area contributed by atoms with E-state index in [1.807, 2.05) is 6.92 Å². The van der Waals surface area contributed by atoms with Crippen LogP contribution in [0.3, 0.4) is 0 Å². The minimum absolute atomic E-state index is 0.178. The smallest absolute Gasteiger partial charge is 0.483 e. The van der Waals surface area contributed by atoms with Crippen LogP contribution in [-0.2, 0) is 4.79 Å². The van der Waals surface area contributed by atoms with Gasteiger partial charge in [-0.15, -0.1) is 23.4 Å². The van der Waals surface area contributed by atoms with Crippen LogP contribution < -0.4 is 10.1 Å². The maximum absolute atomic E-state index is 12.9. The Kier molecular flexibility index (Phi) is 7.74. The first kappa shape index (κ1) is 24.7. The molecule has 3 heterocycles. The van der Waals surface area contributed by atoms with Gasteiger partial charge in [0.1, 0.15) is 11.4 Å². The van der Waals surface area contributed by atoms with Crippen LogP contribution in [0.4, 0.5) is 19.1 Å². The summed E-state index contributed by atoms with van der Waals surface area (Å²) >= 11 is 3.19. The van der Waals surface area contributed by atoms with Gasteiger partial charge in [0.2, 0.25) is 5.95 Å². The normalized spacial score (nSPS) is 16.7. The van der Waals surface area contributed by atoms with Gasteiger partial charge in [-0.05, 0) is 57.6 Å². The molecule has 0 amide bonds. The lowest BCUT2D eigenvalue weighted by atomic mass is 10.1. The Morgan fingerprint density at radius 1 is 1.30 bits per heavy atom. The number of aryl methyl sites for hydroxylation is 1. The SMILES string of the molecule is Cc1cc2c(-c3ccc(Br)cc3OC(F)(F)F)nnc(N[C@@H]3CCCN(C)C3)n2n1.O=CO. The molecule has 1 aliphatic rings. The number of aromatic nitrogens is 4. The zero-order valence-corrected chi connectivity index (χ0v) is 19.4. The molecule has 13 heteroatoms. The van der Waals surface area contributed by atoms with Crippen LogP contribution in [0.1, 0.15) is 18.5 Å². The average Bonchev–Trinajstić information content (AvgIpc) is 3.10. The molecule has 1 fully saturated rings. The van der Waals surface area contributed by atoms with Gasteiger partial charge in [-0.25, -0.2) is 0 Å². The van der Waals surface area contributed by atoms with Crippen molar-refractivity contribution in [2.75, 3.05) is 25.5 Å². The zero-order chi connectivity index (χ0) is 24.2. The van der Waals surface area contributed by atoms with E-state index in [1.54, 1.807) is 16.6 Å². The van der Waals surface area contributed by atoms with Crippen molar-refractivity contribution in [3.63, 3.8) is 0 Å². The van der Waals surface area contributed by atoms with E-state index >= 15 is 0 Å². The van der Waals surface area contributed by atoms with E-state index in [-0.39, 0.29) is 29.5 Å². The number of hydrogen-bond acceptors (Lipinski definition) is 7. The summed E-state index contributed by atoms with van der Waals surface area (Å²) in [6.45, 7) is 3.47. The van der Waals surface area contributed by atoms with Crippen molar-refractivity contribution in [2.45, 2.75) is 32.2 Å². The van der Waals surface area contributed by atoms with Crippen molar-refractivity contribution in [2.24, 2.45) is 0 Å². The fourth-order valence-electron chi connectivity index (χ4n) is 3.67. The van der Waals surface area contributed by atoms with Crippen LogP contribution in [-0.4, -0.2) is 68.8 Å². The van der Waals surface area contributed by atoms with Gasteiger partial charge in [0.25, 0.3) is 6.47 Å². The molecule has 33 heavy (non-hydrogen) atoms. The van der Waals surface area contributed by atoms with Crippen LogP contribution in [0.25, 0.3) is 16.8 Å². The number of benzene rings is 1. The second-order valence-corrected chi connectivity index (χ2v) is 8.41. The van der Waals surface area contributed by atoms with Crippen molar-refractivity contribution >= 4 is 33.9 Å². The highest BCUT2D eigenvalue weighted by Gasteiger charge is 2.33. The van der Waals surface area contributed by atoms with E-state index in [0.29, 0.717) is 21.6 Å². The molecule has 0 radical (unpaired) electrons. The molecular formula is C20H22BrF3N6O3. The molecule has 1 atom stereocenters. The number of likely N-dealkylation sites (N-methyl/N-ethyl adjacent to an activating group) is 1. The number of rotatable bonds is 4. The third-order valence-corrected chi connectivity index (χ3v) is 5.39. The molecule has 2 aromatic heterocycles. The lowest BCUT2D eigenvalue weighted by Gasteiger charge is -2.30. The molecule has 0 unspecified atom stereocenters. The molecule has 0 saturated carbocycles. The minimum Gasteiger partial charge on any atom is -0.483 e. The summed E-state index contributed by atoms with van der Waals surface area (Å²) < 4.78 is 45.1. The monoisotopic (exact) mass is 530 g/mol. The number of hydrogen-bond donors (Lipinski definition) is 2. The van der Waals surface area contributed by atoms with Gasteiger partial charge < -0.3 is 20.1 Å². The second-order valence-electron chi connectivity index (χ2n) is 7.49. The molecule has 0 bridgehead atoms. The average molecular weight is 531 g/mol. The number of nitrogens with zero attached hydrogens (tertiary/aromatic N) is 5. The fourth-order valence-corrected chi connectivity index (χ4v) is 4.01. The van der Waals surface area contributed by atoms with Gasteiger partial charge in [0.15, 0.2) is 0 Å². The van der Waals surface area contributed by atoms with Gasteiger partial charge in [0, 0.05) is 22.6 Å². The minimum atomic E-state index is -4.83. The predicted octanol–water partition coefficient (Wildman–Crippen LogP) is 3.97. The van der Waals surface area contributed by atoms with Crippen molar-refractivity contribution in [1.82, 2.24) is 24.7 Å². The number of carbonyl (C=O) groups is 1. The molecule has 9 nitrogen and oxygen atoms in total. The standard InChI is InChI=1S/C19H20BrF3N6O.CH2O2/c1-11-8-15-17(14-6-5-12(20)9-16(14)30-19(21,22)23)25-26-18(29(15)27-11)24-13-4-3-7-28(2)10-13;2-1-3/h5-6,8-9,13H,3-4,7,10H2,1-2H3,(H,24,26);1H,(H,2,3)/t13-;/m1./s1. The van der Waals surface area contributed by atoms with Crippen LogP contribution >= 0.6 is 15.9 Å². The highest BCUT2D eigenvalue weighted by atomic mass is 79.9. The van der Waals surface area contributed by atoms with Gasteiger partial charge in [-0.1, -0.05) is 15.9 Å². The predicted molar refractivity (Wildman–Crippen MR) is 118 cm³/mol. The first-order chi connectivity index (χ1) is 15.6. The molecule has 3 aromatic rings. The highest BCUT2D eigenvalue weighted by Crippen LogP contribution is 2.37. The molecule has 0 spiro atoms. The fraction of sp³-hybridized carbons (Fsp3) is 0.400. The number of piperidine rings is 1. The Morgan fingerprint density at radius 3 is 2.70 bits per heavy atom. The molecule has 2 N–H and O–H groups in total. The number of fused-ring (bicyclic) bond motifs is 1. The van der Waals surface area contributed by atoms with Gasteiger partial charge in [-0.3, -0.25) is 4.79 Å². The summed E-state index contributed by atoms with van der Waals surface area (Å²) in [6.07, 6.45) is -2.77. The van der Waals surface area contributed by atoms with Crippen LogP contribution in [0.5, 0.6) is 5.75 Å². The third kappa shape index (κ3) is 6.32. The Labute approximate surface area is 195 Å². The first-order valence-corrected chi connectivity index (χ1v) is 10.7. The maximum Gasteiger partial charge on any atom is 0.573 e. The molecule has 178 valence electrons. The number of likely N-dealkylation sites (tertiary alicyclic amines) is 1. The second kappa shape index (κ2) is 10.3. The molecule has 4 rings (SSSR count). The number of alkyl halides is 3. The first-order valence-electron chi connectivity index (χ1n) is 9.93. The molecular weight excluding hydrogens is 509 g/mol. The lowest BCUT2D eigenvalue weighted by Crippen LogP contribution is -2.40. The Balaban J connectivity index is 0.000000968. The third-order valence-electron chi connectivity index (χ3n) is 4.90. The number of nitrogens with one attached hydrogen (secondary N) is 1. The summed E-state index contributed by atoms with van der Waals surface area (Å²) in [6, 6.07) is 6.36. The number of ether oxygens (including phenoxy) is 1. The largest absolute Gasteiger partial charge is 0.573 e. The van der Waals surface area contributed by atoms with Crippen molar-refractivity contribution < 1.29 is 27.8 Å². The lowest BCUT2D eigenvalue weighted by molar-refractivity contribution is -0.274. The van der Waals surface area contributed by atoms with E-state index in [9.17, 15) is 13.2 Å². The number of carboxylic acid groups (broad SMARTS) is 1. The van der Waals surface area contributed by atoms with E-state index in [1.165, 1.54) is 12.1 Å². The molecule has 1 aliphatic heterocycles.